The zero-order valence-corrected chi connectivity index (χ0v) is 10.5. The molecule has 0 fully saturated rings. The Morgan fingerprint density at radius 2 is 2.39 bits per heavy atom. The molecule has 1 heterocycles. The van der Waals surface area contributed by atoms with E-state index < -0.39 is 12.3 Å². The zero-order valence-electron chi connectivity index (χ0n) is 10.5. The molecule has 1 aliphatic rings. The lowest BCUT2D eigenvalue weighted by atomic mass is 10.4. The van der Waals surface area contributed by atoms with Crippen molar-refractivity contribution >= 4 is 17.8 Å². The lowest BCUT2D eigenvalue weighted by Gasteiger charge is -2.30. The summed E-state index contributed by atoms with van der Waals surface area (Å²) in [6.07, 6.45) is 0.803. The Balaban J connectivity index is 2.82. The second-order valence-electron chi connectivity index (χ2n) is 3.91. The summed E-state index contributed by atoms with van der Waals surface area (Å²) in [5.41, 5.74) is 5.53. The molecule has 1 atom stereocenters. The largest absolute Gasteiger partial charge is 0.456 e. The minimum Gasteiger partial charge on any atom is -0.456 e. The average Bonchev–Trinajstić information content (AvgIpc) is 2.29. The first kappa shape index (κ1) is 14.1. The Morgan fingerprint density at radius 1 is 1.72 bits per heavy atom. The van der Waals surface area contributed by atoms with Crippen LogP contribution < -0.4 is 16.9 Å². The fourth-order valence-electron chi connectivity index (χ4n) is 1.26. The van der Waals surface area contributed by atoms with Gasteiger partial charge in [0.05, 0.1) is 0 Å². The van der Waals surface area contributed by atoms with Crippen molar-refractivity contribution in [2.24, 2.45) is 21.6 Å². The number of hydrazine groups is 1. The maximum Gasteiger partial charge on any atom is 0.376 e. The van der Waals surface area contributed by atoms with Gasteiger partial charge in [-0.15, -0.1) is 0 Å². The highest BCUT2D eigenvalue weighted by Gasteiger charge is 2.29. The quantitative estimate of drug-likeness (QED) is 0.325. The molecule has 0 bridgehead atoms. The lowest BCUT2D eigenvalue weighted by molar-refractivity contribution is -0.135. The van der Waals surface area contributed by atoms with Crippen LogP contribution >= 0.6 is 0 Å². The van der Waals surface area contributed by atoms with Crippen LogP contribution in [-0.4, -0.2) is 41.7 Å². The van der Waals surface area contributed by atoms with Crippen LogP contribution in [0.1, 0.15) is 13.8 Å². The van der Waals surface area contributed by atoms with E-state index >= 15 is 0 Å². The summed E-state index contributed by atoms with van der Waals surface area (Å²) >= 11 is 0. The fraction of sp³-hybridized carbons (Fsp3) is 0.500. The molecule has 1 rings (SSSR count). The monoisotopic (exact) mass is 254 g/mol. The SMILES string of the molecule is C=CCOC(=O)C1=NC(N)=NC(NC(C)C)N1N. The number of nitrogens with one attached hydrogen (secondary N) is 1. The van der Waals surface area contributed by atoms with Crippen molar-refractivity contribution in [2.75, 3.05) is 6.61 Å². The van der Waals surface area contributed by atoms with Crippen LogP contribution in [0.4, 0.5) is 0 Å². The van der Waals surface area contributed by atoms with Gasteiger partial charge in [-0.3, -0.25) is 10.3 Å². The summed E-state index contributed by atoms with van der Waals surface area (Å²) in [4.78, 5) is 19.4. The van der Waals surface area contributed by atoms with Crippen LogP contribution in [-0.2, 0) is 9.53 Å². The molecule has 0 saturated heterocycles. The predicted molar refractivity (Wildman–Crippen MR) is 68.3 cm³/mol. The number of carbonyl (C=O) groups is 1. The number of amidine groups is 1. The molecule has 8 nitrogen and oxygen atoms in total. The van der Waals surface area contributed by atoms with Gasteiger partial charge in [0.15, 0.2) is 6.29 Å². The third-order valence-electron chi connectivity index (χ3n) is 1.98. The zero-order chi connectivity index (χ0) is 13.7. The Morgan fingerprint density at radius 3 is 2.94 bits per heavy atom. The van der Waals surface area contributed by atoms with E-state index in [1.807, 2.05) is 13.8 Å². The van der Waals surface area contributed by atoms with Gasteiger partial charge in [0.2, 0.25) is 11.8 Å². The normalized spacial score (nSPS) is 19.3. The van der Waals surface area contributed by atoms with Crippen LogP contribution in [0.2, 0.25) is 0 Å². The summed E-state index contributed by atoms with van der Waals surface area (Å²) in [6.45, 7) is 7.35. The first-order valence-corrected chi connectivity index (χ1v) is 5.45. The summed E-state index contributed by atoms with van der Waals surface area (Å²) in [6, 6.07) is 0.112. The molecule has 0 aromatic rings. The smallest absolute Gasteiger partial charge is 0.376 e. The van der Waals surface area contributed by atoms with Gasteiger partial charge in [-0.1, -0.05) is 12.7 Å². The number of esters is 1. The number of nitrogens with zero attached hydrogens (tertiary/aromatic N) is 3. The van der Waals surface area contributed by atoms with E-state index in [9.17, 15) is 4.79 Å². The highest BCUT2D eigenvalue weighted by atomic mass is 16.5. The van der Waals surface area contributed by atoms with Crippen molar-refractivity contribution < 1.29 is 9.53 Å². The molecule has 100 valence electrons. The number of rotatable bonds is 5. The number of hydrogen-bond donors (Lipinski definition) is 3. The molecule has 0 spiro atoms. The van der Waals surface area contributed by atoms with E-state index in [2.05, 4.69) is 21.9 Å². The number of guanidine groups is 1. The molecule has 1 aliphatic heterocycles. The van der Waals surface area contributed by atoms with Crippen molar-refractivity contribution in [3.8, 4) is 0 Å². The summed E-state index contributed by atoms with van der Waals surface area (Å²) in [5.74, 6) is 4.96. The average molecular weight is 254 g/mol. The molecule has 0 aromatic carbocycles. The van der Waals surface area contributed by atoms with Gasteiger partial charge < -0.3 is 10.5 Å². The second-order valence-corrected chi connectivity index (χ2v) is 3.91. The van der Waals surface area contributed by atoms with Gasteiger partial charge in [0, 0.05) is 6.04 Å². The summed E-state index contributed by atoms with van der Waals surface area (Å²) in [5, 5.41) is 4.11. The first-order valence-electron chi connectivity index (χ1n) is 5.45. The lowest BCUT2D eigenvalue weighted by Crippen LogP contribution is -2.58. The minimum atomic E-state index is -0.675. The molecule has 0 saturated carbocycles. The molecule has 0 aliphatic carbocycles. The van der Waals surface area contributed by atoms with Crippen LogP contribution in [0.3, 0.4) is 0 Å². The van der Waals surface area contributed by atoms with Crippen molar-refractivity contribution in [1.82, 2.24) is 10.3 Å². The van der Waals surface area contributed by atoms with Crippen LogP contribution in [0.15, 0.2) is 22.6 Å². The van der Waals surface area contributed by atoms with E-state index in [1.165, 1.54) is 6.08 Å². The molecule has 8 heteroatoms. The van der Waals surface area contributed by atoms with Crippen molar-refractivity contribution in [2.45, 2.75) is 26.2 Å². The van der Waals surface area contributed by atoms with Crippen molar-refractivity contribution in [3.05, 3.63) is 12.7 Å². The maximum absolute atomic E-state index is 11.7. The van der Waals surface area contributed by atoms with Gasteiger partial charge in [0.25, 0.3) is 0 Å². The van der Waals surface area contributed by atoms with E-state index in [0.717, 1.165) is 5.01 Å². The molecule has 18 heavy (non-hydrogen) atoms. The summed E-state index contributed by atoms with van der Waals surface area (Å²) in [7, 11) is 0. The first-order chi connectivity index (χ1) is 8.45. The molecule has 5 N–H and O–H groups in total. The molecule has 0 aromatic heterocycles. The second kappa shape index (κ2) is 6.12. The van der Waals surface area contributed by atoms with Crippen LogP contribution in [0, 0.1) is 0 Å². The van der Waals surface area contributed by atoms with E-state index in [0.29, 0.717) is 0 Å². The highest BCUT2D eigenvalue weighted by Crippen LogP contribution is 2.04. The molecule has 0 amide bonds. The van der Waals surface area contributed by atoms with Crippen LogP contribution in [0.5, 0.6) is 0 Å². The van der Waals surface area contributed by atoms with Gasteiger partial charge in [-0.25, -0.2) is 15.6 Å². The molecule has 0 radical (unpaired) electrons. The molecular formula is C10H18N6O2. The Hall–Kier alpha value is -1.93. The predicted octanol–water partition coefficient (Wildman–Crippen LogP) is -1.10. The molecule has 1 unspecified atom stereocenters. The van der Waals surface area contributed by atoms with Crippen molar-refractivity contribution in [1.29, 1.82) is 0 Å². The topological polar surface area (TPSA) is 118 Å². The fourth-order valence-corrected chi connectivity index (χ4v) is 1.26. The molecular weight excluding hydrogens is 236 g/mol. The third-order valence-corrected chi connectivity index (χ3v) is 1.98. The van der Waals surface area contributed by atoms with Gasteiger partial charge in [-0.05, 0) is 13.8 Å². The maximum atomic E-state index is 11.7. The number of carbonyl (C=O) groups excluding carboxylic acids is 1. The third kappa shape index (κ3) is 3.54. The number of nitrogens with two attached hydrogens (primary N) is 2. The van der Waals surface area contributed by atoms with Crippen LogP contribution in [0.25, 0.3) is 0 Å². The van der Waals surface area contributed by atoms with Gasteiger partial charge in [0.1, 0.15) is 6.61 Å². The highest BCUT2D eigenvalue weighted by molar-refractivity contribution is 6.37. The Bertz CT molecular complexity index is 390. The number of ether oxygens (including phenoxy) is 1. The Kier molecular flexibility index (Phi) is 4.81. The van der Waals surface area contributed by atoms with E-state index in [-0.39, 0.29) is 24.4 Å². The Labute approximate surface area is 105 Å². The van der Waals surface area contributed by atoms with Gasteiger partial charge >= 0.3 is 5.97 Å². The van der Waals surface area contributed by atoms with Crippen molar-refractivity contribution in [3.63, 3.8) is 0 Å². The standard InChI is InChI=1S/C10H18N6O2/c1-4-5-18-8(17)7-14-9(11)15-10(16(7)12)13-6(2)3/h4,6,10,13H,1,5,12H2,2-3H3,(H2,11,15). The van der Waals surface area contributed by atoms with Gasteiger partial charge in [-0.2, -0.15) is 4.99 Å². The minimum absolute atomic E-state index is 0.0274. The van der Waals surface area contributed by atoms with E-state index in [4.69, 9.17) is 16.3 Å². The van der Waals surface area contributed by atoms with E-state index in [1.54, 1.807) is 0 Å². The number of aliphatic imine (C=N–C) groups is 2. The number of hydrogen-bond acceptors (Lipinski definition) is 8. The summed E-state index contributed by atoms with van der Waals surface area (Å²) < 4.78 is 4.85.